The molecule has 0 saturated carbocycles. The smallest absolute Gasteiger partial charge is 0.303 e. The zero-order chi connectivity index (χ0) is 12.5. The number of hydrogen-bond donors (Lipinski definition) is 1. The van der Waals surface area contributed by atoms with Crippen LogP contribution in [0.5, 0.6) is 0 Å². The number of hydrogen-bond acceptors (Lipinski definition) is 2. The predicted octanol–water partition coefficient (Wildman–Crippen LogP) is 3.31. The molecule has 1 aromatic rings. The van der Waals surface area contributed by atoms with Gasteiger partial charge in [-0.2, -0.15) is 0 Å². The maximum atomic E-state index is 10.6. The van der Waals surface area contributed by atoms with Crippen molar-refractivity contribution in [3.63, 3.8) is 0 Å². The van der Waals surface area contributed by atoms with Crippen molar-refractivity contribution in [1.29, 1.82) is 0 Å². The summed E-state index contributed by atoms with van der Waals surface area (Å²) in [5.41, 5.74) is 3.25. The van der Waals surface area contributed by atoms with Crippen LogP contribution in [0.2, 0.25) is 0 Å². The molecule has 17 heavy (non-hydrogen) atoms. The summed E-state index contributed by atoms with van der Waals surface area (Å²) < 4.78 is 0. The number of carboxylic acids is 1. The molecule has 90 valence electrons. The highest BCUT2D eigenvalue weighted by Crippen LogP contribution is 2.42. The number of fused-ring (bicyclic) bond motifs is 1. The Hall–Kier alpha value is -1.64. The molecule has 0 radical (unpaired) electrons. The van der Waals surface area contributed by atoms with E-state index in [4.69, 9.17) is 5.11 Å². The monoisotopic (exact) mass is 231 g/mol. The van der Waals surface area contributed by atoms with Crippen LogP contribution in [0.1, 0.15) is 38.7 Å². The maximum absolute atomic E-state index is 10.6. The van der Waals surface area contributed by atoms with Gasteiger partial charge in [-0.3, -0.25) is 9.79 Å². The molecule has 1 aliphatic heterocycles. The van der Waals surface area contributed by atoms with Gasteiger partial charge in [-0.1, -0.05) is 25.1 Å². The van der Waals surface area contributed by atoms with Gasteiger partial charge in [-0.25, -0.2) is 0 Å². The molecule has 0 fully saturated rings. The average molecular weight is 231 g/mol. The Kier molecular flexibility index (Phi) is 3.01. The van der Waals surface area contributed by atoms with Crippen LogP contribution < -0.4 is 0 Å². The van der Waals surface area contributed by atoms with Crippen molar-refractivity contribution in [3.8, 4) is 0 Å². The number of carbonyl (C=O) groups is 1. The van der Waals surface area contributed by atoms with E-state index in [2.05, 4.69) is 18.0 Å². The number of benzene rings is 1. The van der Waals surface area contributed by atoms with Crippen LogP contribution in [0.3, 0.4) is 0 Å². The summed E-state index contributed by atoms with van der Waals surface area (Å²) in [7, 11) is 0. The van der Waals surface area contributed by atoms with Crippen LogP contribution in [0.25, 0.3) is 0 Å². The number of nitrogens with zero attached hydrogens (tertiary/aromatic N) is 1. The highest BCUT2D eigenvalue weighted by molar-refractivity contribution is 5.99. The molecule has 0 aromatic heterocycles. The highest BCUT2D eigenvalue weighted by Gasteiger charge is 2.35. The van der Waals surface area contributed by atoms with Crippen molar-refractivity contribution >= 4 is 17.4 Å². The first kappa shape index (κ1) is 11.8. The molecule has 3 nitrogen and oxygen atoms in total. The summed E-state index contributed by atoms with van der Waals surface area (Å²) in [6.07, 6.45) is 1.75. The van der Waals surface area contributed by atoms with Crippen molar-refractivity contribution < 1.29 is 9.90 Å². The van der Waals surface area contributed by atoms with Crippen LogP contribution >= 0.6 is 0 Å². The SMILES string of the molecule is CC1=Nc2ccccc2[C@@]1(C)CCCC(=O)O. The fourth-order valence-corrected chi connectivity index (χ4v) is 2.45. The average Bonchev–Trinajstić information content (AvgIpc) is 2.52. The lowest BCUT2D eigenvalue weighted by Crippen LogP contribution is -2.27. The van der Waals surface area contributed by atoms with Gasteiger partial charge in [-0.15, -0.1) is 0 Å². The van der Waals surface area contributed by atoms with Gasteiger partial charge in [0.2, 0.25) is 0 Å². The molecule has 0 saturated heterocycles. The Morgan fingerprint density at radius 3 is 2.82 bits per heavy atom. The Morgan fingerprint density at radius 2 is 2.12 bits per heavy atom. The number of aliphatic carboxylic acids is 1. The summed E-state index contributed by atoms with van der Waals surface area (Å²) in [4.78, 5) is 15.1. The van der Waals surface area contributed by atoms with Gasteiger partial charge in [-0.05, 0) is 31.4 Å². The third-order valence-corrected chi connectivity index (χ3v) is 3.65. The van der Waals surface area contributed by atoms with Crippen LogP contribution in [0.4, 0.5) is 5.69 Å². The van der Waals surface area contributed by atoms with E-state index in [1.165, 1.54) is 5.56 Å². The first-order valence-corrected chi connectivity index (χ1v) is 5.91. The van der Waals surface area contributed by atoms with E-state index >= 15 is 0 Å². The lowest BCUT2D eigenvalue weighted by Gasteiger charge is -2.25. The molecule has 1 aromatic carbocycles. The number of rotatable bonds is 4. The Bertz CT molecular complexity index is 479. The predicted molar refractivity (Wildman–Crippen MR) is 68.0 cm³/mol. The van der Waals surface area contributed by atoms with Crippen LogP contribution in [-0.2, 0) is 10.2 Å². The molecule has 0 unspecified atom stereocenters. The summed E-state index contributed by atoms with van der Waals surface area (Å²) in [5, 5.41) is 8.70. The number of aliphatic imine (C=N–C) groups is 1. The minimum atomic E-state index is -0.727. The van der Waals surface area contributed by atoms with E-state index in [0.717, 1.165) is 17.8 Å². The van der Waals surface area contributed by atoms with Crippen LogP contribution in [0, 0.1) is 0 Å². The molecule has 3 heteroatoms. The van der Waals surface area contributed by atoms with E-state index in [0.29, 0.717) is 6.42 Å². The van der Waals surface area contributed by atoms with Gasteiger partial charge in [0.15, 0.2) is 0 Å². The molecule has 0 spiro atoms. The summed E-state index contributed by atoms with van der Waals surface area (Å²) in [6, 6.07) is 8.11. The van der Waals surface area contributed by atoms with Crippen molar-refractivity contribution in [3.05, 3.63) is 29.8 Å². The maximum Gasteiger partial charge on any atom is 0.303 e. The fourth-order valence-electron chi connectivity index (χ4n) is 2.45. The Labute approximate surface area is 101 Å². The lowest BCUT2D eigenvalue weighted by molar-refractivity contribution is -0.137. The first-order valence-electron chi connectivity index (χ1n) is 5.91. The van der Waals surface area contributed by atoms with E-state index in [1.54, 1.807) is 0 Å². The van der Waals surface area contributed by atoms with Crippen molar-refractivity contribution in [2.45, 2.75) is 38.5 Å². The van der Waals surface area contributed by atoms with Gasteiger partial charge in [0, 0.05) is 17.5 Å². The van der Waals surface area contributed by atoms with Crippen molar-refractivity contribution in [2.24, 2.45) is 4.99 Å². The Morgan fingerprint density at radius 1 is 1.41 bits per heavy atom. The van der Waals surface area contributed by atoms with E-state index in [-0.39, 0.29) is 11.8 Å². The normalized spacial score (nSPS) is 22.1. The fraction of sp³-hybridized carbons (Fsp3) is 0.429. The second-order valence-electron chi connectivity index (χ2n) is 4.79. The van der Waals surface area contributed by atoms with Crippen LogP contribution in [-0.4, -0.2) is 16.8 Å². The van der Waals surface area contributed by atoms with Gasteiger partial charge in [0.25, 0.3) is 0 Å². The zero-order valence-electron chi connectivity index (χ0n) is 10.2. The van der Waals surface area contributed by atoms with Gasteiger partial charge < -0.3 is 5.11 Å². The minimum Gasteiger partial charge on any atom is -0.481 e. The number of carboxylic acid groups (broad SMARTS) is 1. The molecule has 0 amide bonds. The molecular formula is C14H17NO2. The van der Waals surface area contributed by atoms with Gasteiger partial charge >= 0.3 is 5.97 Å². The van der Waals surface area contributed by atoms with Gasteiger partial charge in [0.05, 0.1) is 5.69 Å². The highest BCUT2D eigenvalue weighted by atomic mass is 16.4. The molecule has 1 aliphatic rings. The molecular weight excluding hydrogens is 214 g/mol. The lowest BCUT2D eigenvalue weighted by atomic mass is 9.76. The van der Waals surface area contributed by atoms with E-state index in [9.17, 15) is 4.79 Å². The van der Waals surface area contributed by atoms with E-state index in [1.807, 2.05) is 25.1 Å². The topological polar surface area (TPSA) is 49.7 Å². The molecule has 0 bridgehead atoms. The summed E-state index contributed by atoms with van der Waals surface area (Å²) >= 11 is 0. The van der Waals surface area contributed by atoms with E-state index < -0.39 is 5.97 Å². The molecule has 2 rings (SSSR count). The second kappa shape index (κ2) is 4.32. The van der Waals surface area contributed by atoms with Crippen molar-refractivity contribution in [1.82, 2.24) is 0 Å². The van der Waals surface area contributed by atoms with Gasteiger partial charge in [0.1, 0.15) is 0 Å². The first-order chi connectivity index (χ1) is 8.04. The quantitative estimate of drug-likeness (QED) is 0.864. The molecule has 0 aliphatic carbocycles. The Balaban J connectivity index is 2.20. The molecule has 1 N–H and O–H groups in total. The molecule has 1 heterocycles. The summed E-state index contributed by atoms with van der Waals surface area (Å²) in [5.74, 6) is -0.727. The standard InChI is InChI=1S/C14H17NO2/c1-10-14(2,9-5-8-13(16)17)11-6-3-4-7-12(11)15-10/h3-4,6-7H,5,8-9H2,1-2H3,(H,16,17)/t14-/m0/s1. The minimum absolute atomic E-state index is 0.0912. The zero-order valence-corrected chi connectivity index (χ0v) is 10.2. The van der Waals surface area contributed by atoms with Crippen LogP contribution in [0.15, 0.2) is 29.3 Å². The largest absolute Gasteiger partial charge is 0.481 e. The second-order valence-corrected chi connectivity index (χ2v) is 4.79. The summed E-state index contributed by atoms with van der Waals surface area (Å²) in [6.45, 7) is 4.18. The number of para-hydroxylation sites is 1. The third kappa shape index (κ3) is 2.09. The third-order valence-electron chi connectivity index (χ3n) is 3.65. The molecule has 1 atom stereocenters. The van der Waals surface area contributed by atoms with Crippen molar-refractivity contribution in [2.75, 3.05) is 0 Å².